The largest absolute Gasteiger partial charge is 0.494 e. The van der Waals surface area contributed by atoms with Gasteiger partial charge >= 0.3 is 12.1 Å². The van der Waals surface area contributed by atoms with Crippen molar-refractivity contribution in [2.45, 2.75) is 17.7 Å². The minimum atomic E-state index is -4.86. The van der Waals surface area contributed by atoms with Crippen LogP contribution in [0.5, 0.6) is 11.6 Å². The number of nitrogens with one attached hydrogen (secondary N) is 1. The van der Waals surface area contributed by atoms with Gasteiger partial charge in [0.25, 0.3) is 10.0 Å². The SMILES string of the molecule is COc1cc2c(cn1)-c1ccc(C(F)(F)F)c(c1)NS(=O)(=O)c1cc(cc(Br)c1OC)C(=O)OC2. The van der Waals surface area contributed by atoms with Crippen molar-refractivity contribution < 1.29 is 40.6 Å². The number of sulfonamides is 1. The Balaban J connectivity index is 2.03. The van der Waals surface area contributed by atoms with E-state index < -0.39 is 38.3 Å². The molecule has 0 saturated carbocycles. The topological polar surface area (TPSA) is 104 Å². The summed E-state index contributed by atoms with van der Waals surface area (Å²) < 4.78 is 85.6. The molecule has 13 heteroatoms. The maximum atomic E-state index is 13.8. The second kappa shape index (κ2) is 9.04. The number of ether oxygens (including phenoxy) is 3. The molecule has 1 aliphatic heterocycles. The summed E-state index contributed by atoms with van der Waals surface area (Å²) in [5.41, 5.74) is -1.18. The zero-order valence-corrected chi connectivity index (χ0v) is 20.5. The fourth-order valence-corrected chi connectivity index (χ4v) is 5.56. The number of nitrogens with zero attached hydrogens (tertiary/aromatic N) is 1. The van der Waals surface area contributed by atoms with Crippen molar-refractivity contribution in [3.8, 4) is 22.8 Å². The molecule has 0 unspecified atom stereocenters. The third-order valence-electron chi connectivity index (χ3n) is 5.15. The Hall–Kier alpha value is -3.32. The van der Waals surface area contributed by atoms with Crippen molar-refractivity contribution in [3.05, 3.63) is 63.8 Å². The average Bonchev–Trinajstić information content (AvgIpc) is 2.80. The van der Waals surface area contributed by atoms with Gasteiger partial charge in [-0.3, -0.25) is 4.72 Å². The molecule has 35 heavy (non-hydrogen) atoms. The monoisotopic (exact) mass is 572 g/mol. The Morgan fingerprint density at radius 2 is 1.83 bits per heavy atom. The lowest BCUT2D eigenvalue weighted by Gasteiger charge is -2.18. The van der Waals surface area contributed by atoms with Gasteiger partial charge < -0.3 is 14.2 Å². The van der Waals surface area contributed by atoms with Gasteiger partial charge in [0, 0.05) is 23.4 Å². The minimum Gasteiger partial charge on any atom is -0.494 e. The Kier molecular flexibility index (Phi) is 6.40. The number of alkyl halides is 3. The Morgan fingerprint density at radius 1 is 1.09 bits per heavy atom. The van der Waals surface area contributed by atoms with E-state index in [2.05, 4.69) is 20.9 Å². The van der Waals surface area contributed by atoms with Crippen LogP contribution < -0.4 is 14.2 Å². The summed E-state index contributed by atoms with van der Waals surface area (Å²) in [5.74, 6) is -0.884. The molecule has 184 valence electrons. The lowest BCUT2D eigenvalue weighted by molar-refractivity contribution is -0.136. The van der Waals surface area contributed by atoms with Gasteiger partial charge in [-0.1, -0.05) is 6.07 Å². The second-order valence-electron chi connectivity index (χ2n) is 7.31. The van der Waals surface area contributed by atoms with Crippen LogP contribution in [-0.4, -0.2) is 33.6 Å². The van der Waals surface area contributed by atoms with Gasteiger partial charge in [0.2, 0.25) is 5.88 Å². The fraction of sp³-hybridized carbons (Fsp3) is 0.182. The Labute approximate surface area is 206 Å². The van der Waals surface area contributed by atoms with Crippen LogP contribution in [-0.2, 0) is 27.5 Å². The van der Waals surface area contributed by atoms with Gasteiger partial charge in [0.05, 0.1) is 35.5 Å². The molecule has 4 bridgehead atoms. The molecule has 0 spiro atoms. The second-order valence-corrected chi connectivity index (χ2v) is 9.82. The number of anilines is 1. The summed E-state index contributed by atoms with van der Waals surface area (Å²) in [6.45, 7) is -0.289. The predicted molar refractivity (Wildman–Crippen MR) is 122 cm³/mol. The summed E-state index contributed by atoms with van der Waals surface area (Å²) in [6.07, 6.45) is -3.53. The van der Waals surface area contributed by atoms with Crippen LogP contribution in [0.1, 0.15) is 21.5 Å². The normalized spacial score (nSPS) is 14.9. The smallest absolute Gasteiger partial charge is 0.418 e. The first kappa shape index (κ1) is 24.8. The lowest BCUT2D eigenvalue weighted by atomic mass is 9.99. The molecule has 3 aromatic rings. The number of cyclic esters (lactones) is 1. The molecule has 0 fully saturated rings. The van der Waals surface area contributed by atoms with E-state index in [0.29, 0.717) is 11.1 Å². The van der Waals surface area contributed by atoms with Crippen LogP contribution in [0.3, 0.4) is 0 Å². The molecule has 8 nitrogen and oxygen atoms in total. The van der Waals surface area contributed by atoms with Crippen LogP contribution in [0.25, 0.3) is 11.1 Å². The van der Waals surface area contributed by atoms with Gasteiger partial charge in [0.15, 0.2) is 5.75 Å². The number of pyridine rings is 1. The number of carbonyl (C=O) groups excluding carboxylic acids is 1. The zero-order chi connectivity index (χ0) is 25.5. The van der Waals surface area contributed by atoms with E-state index in [1.54, 1.807) is 0 Å². The number of hydrogen-bond donors (Lipinski definition) is 1. The summed E-state index contributed by atoms with van der Waals surface area (Å²) >= 11 is 3.14. The third kappa shape index (κ3) is 4.78. The number of benzene rings is 2. The van der Waals surface area contributed by atoms with Gasteiger partial charge in [-0.2, -0.15) is 13.2 Å². The number of carbonyl (C=O) groups is 1. The van der Waals surface area contributed by atoms with E-state index in [-0.39, 0.29) is 33.8 Å². The summed E-state index contributed by atoms with van der Waals surface area (Å²) in [4.78, 5) is 16.3. The highest BCUT2D eigenvalue weighted by Gasteiger charge is 2.36. The molecule has 0 saturated heterocycles. The van der Waals surface area contributed by atoms with Crippen molar-refractivity contribution in [2.75, 3.05) is 18.9 Å². The van der Waals surface area contributed by atoms with Crippen LogP contribution in [0.4, 0.5) is 18.9 Å². The standard InChI is InChI=1S/C22H16BrF3N2O6S/c1-32-19-8-13-10-34-21(29)12-5-16(23)20(33-2)18(7-12)35(30,31)28-17-6-11(14(13)9-27-19)3-4-15(17)22(24,25)26/h3-9,28H,10H2,1-2H3. The molecule has 2 aromatic carbocycles. The maximum Gasteiger partial charge on any atom is 0.418 e. The summed E-state index contributed by atoms with van der Waals surface area (Å²) in [5, 5.41) is 0. The number of halogens is 4. The molecule has 1 aromatic heterocycles. The first-order chi connectivity index (χ1) is 16.4. The fourth-order valence-electron chi connectivity index (χ4n) is 3.52. The first-order valence-electron chi connectivity index (χ1n) is 9.76. The minimum absolute atomic E-state index is 0.0840. The molecule has 4 rings (SSSR count). The summed E-state index contributed by atoms with van der Waals surface area (Å²) in [6, 6.07) is 6.70. The predicted octanol–water partition coefficient (Wildman–Crippen LogP) is 5.02. The first-order valence-corrected chi connectivity index (χ1v) is 12.0. The van der Waals surface area contributed by atoms with E-state index in [9.17, 15) is 26.4 Å². The molecular formula is C22H16BrF3N2O6S. The summed E-state index contributed by atoms with van der Waals surface area (Å²) in [7, 11) is -2.11. The van der Waals surface area contributed by atoms with Crippen molar-refractivity contribution in [2.24, 2.45) is 0 Å². The van der Waals surface area contributed by atoms with Crippen molar-refractivity contribution >= 4 is 37.6 Å². The molecule has 0 atom stereocenters. The van der Waals surface area contributed by atoms with Gasteiger partial charge in [-0.25, -0.2) is 18.2 Å². The van der Waals surface area contributed by atoms with Gasteiger partial charge in [-0.15, -0.1) is 0 Å². The van der Waals surface area contributed by atoms with Crippen LogP contribution in [0.2, 0.25) is 0 Å². The van der Waals surface area contributed by atoms with Gasteiger partial charge in [0.1, 0.15) is 11.5 Å². The molecule has 0 amide bonds. The number of aromatic nitrogens is 1. The lowest BCUT2D eigenvalue weighted by Crippen LogP contribution is -2.19. The molecule has 0 radical (unpaired) electrons. The highest BCUT2D eigenvalue weighted by atomic mass is 79.9. The van der Waals surface area contributed by atoms with E-state index >= 15 is 0 Å². The average molecular weight is 573 g/mol. The van der Waals surface area contributed by atoms with Gasteiger partial charge in [-0.05, 0) is 45.8 Å². The number of fused-ring (bicyclic) bond motifs is 6. The van der Waals surface area contributed by atoms with Crippen LogP contribution in [0, 0.1) is 0 Å². The molecule has 2 heterocycles. The highest BCUT2D eigenvalue weighted by molar-refractivity contribution is 9.10. The van der Waals surface area contributed by atoms with Crippen LogP contribution >= 0.6 is 15.9 Å². The van der Waals surface area contributed by atoms with Crippen LogP contribution in [0.15, 0.2) is 52.0 Å². The van der Waals surface area contributed by atoms with E-state index in [0.717, 1.165) is 18.2 Å². The number of hydrogen-bond acceptors (Lipinski definition) is 7. The van der Waals surface area contributed by atoms with Crippen molar-refractivity contribution in [1.82, 2.24) is 4.98 Å². The molecular weight excluding hydrogens is 557 g/mol. The molecule has 1 N–H and O–H groups in total. The van der Waals surface area contributed by atoms with E-state index in [1.807, 2.05) is 4.72 Å². The Bertz CT molecular complexity index is 1440. The quantitative estimate of drug-likeness (QED) is 0.430. The zero-order valence-electron chi connectivity index (χ0n) is 18.1. The van der Waals surface area contributed by atoms with E-state index in [1.165, 1.54) is 38.6 Å². The third-order valence-corrected chi connectivity index (χ3v) is 7.11. The molecule has 1 aliphatic rings. The van der Waals surface area contributed by atoms with Crippen molar-refractivity contribution in [1.29, 1.82) is 0 Å². The Morgan fingerprint density at radius 3 is 2.49 bits per heavy atom. The highest BCUT2D eigenvalue weighted by Crippen LogP contribution is 2.41. The number of methoxy groups -OCH3 is 2. The maximum absolute atomic E-state index is 13.8. The number of esters is 1. The van der Waals surface area contributed by atoms with Crippen molar-refractivity contribution in [3.63, 3.8) is 0 Å². The van der Waals surface area contributed by atoms with E-state index in [4.69, 9.17) is 14.2 Å². The number of rotatable bonds is 2. The molecule has 0 aliphatic carbocycles.